The van der Waals surface area contributed by atoms with Crippen molar-refractivity contribution in [2.24, 2.45) is 4.99 Å². The van der Waals surface area contributed by atoms with Crippen LogP contribution in [0, 0.1) is 0 Å². The Morgan fingerprint density at radius 3 is 2.89 bits per heavy atom. The zero-order valence-electron chi connectivity index (χ0n) is 9.66. The van der Waals surface area contributed by atoms with Gasteiger partial charge in [0.05, 0.1) is 7.11 Å². The number of hydrogen-bond donors (Lipinski definition) is 0. The molecular weight excluding hydrogens is 302 g/mol. The van der Waals surface area contributed by atoms with Crippen LogP contribution < -0.4 is 14.2 Å². The summed E-state index contributed by atoms with van der Waals surface area (Å²) in [4.78, 5) is 14.5. The first-order valence-corrected chi connectivity index (χ1v) is 6.27. The largest absolute Gasteiger partial charge is 0.495 e. The second kappa shape index (κ2) is 4.00. The molecule has 18 heavy (non-hydrogen) atoms. The Morgan fingerprint density at radius 1 is 1.50 bits per heavy atom. The molecule has 5 nitrogen and oxygen atoms in total. The van der Waals surface area contributed by atoms with Crippen LogP contribution in [-0.4, -0.2) is 20.0 Å². The van der Waals surface area contributed by atoms with Crippen molar-refractivity contribution in [2.45, 2.75) is 18.4 Å². The summed E-state index contributed by atoms with van der Waals surface area (Å²) in [6, 6.07) is 1.83. The Bertz CT molecular complexity index is 562. The molecule has 1 aliphatic heterocycles. The third kappa shape index (κ3) is 1.53. The Labute approximate surface area is 112 Å². The number of fused-ring (bicyclic) bond motifs is 1. The predicted molar refractivity (Wildman–Crippen MR) is 65.9 cm³/mol. The summed E-state index contributed by atoms with van der Waals surface area (Å²) in [5.41, 5.74) is 0.334. The average molecular weight is 312 g/mol. The molecule has 1 aromatic carbocycles. The summed E-state index contributed by atoms with van der Waals surface area (Å²) < 4.78 is 16.8. The minimum Gasteiger partial charge on any atom is -0.495 e. The zero-order valence-corrected chi connectivity index (χ0v) is 11.2. The van der Waals surface area contributed by atoms with E-state index in [2.05, 4.69) is 20.9 Å². The van der Waals surface area contributed by atoms with Crippen LogP contribution in [0.25, 0.3) is 0 Å². The average Bonchev–Trinajstić information content (AvgIpc) is 2.99. The molecule has 0 spiro atoms. The Balaban J connectivity index is 2.21. The summed E-state index contributed by atoms with van der Waals surface area (Å²) >= 11 is 3.44. The van der Waals surface area contributed by atoms with Gasteiger partial charge in [0.1, 0.15) is 15.8 Å². The van der Waals surface area contributed by atoms with Crippen molar-refractivity contribution in [3.63, 3.8) is 0 Å². The molecule has 2 aliphatic rings. The summed E-state index contributed by atoms with van der Waals surface area (Å²) in [5, 5.41) is 0. The highest BCUT2D eigenvalue weighted by Gasteiger charge is 2.48. The van der Waals surface area contributed by atoms with Crippen molar-refractivity contribution in [3.05, 3.63) is 16.1 Å². The smallest absolute Gasteiger partial charge is 0.235 e. The number of hydrogen-bond acceptors (Lipinski definition) is 5. The van der Waals surface area contributed by atoms with E-state index in [1.165, 1.54) is 0 Å². The highest BCUT2D eigenvalue weighted by atomic mass is 79.9. The van der Waals surface area contributed by atoms with Crippen molar-refractivity contribution < 1.29 is 19.0 Å². The van der Waals surface area contributed by atoms with Gasteiger partial charge < -0.3 is 14.2 Å². The van der Waals surface area contributed by atoms with Crippen LogP contribution in [0.15, 0.2) is 15.5 Å². The van der Waals surface area contributed by atoms with E-state index < -0.39 is 5.54 Å². The highest BCUT2D eigenvalue weighted by Crippen LogP contribution is 2.57. The number of benzene rings is 1. The predicted octanol–water partition coefficient (Wildman–Crippen LogP) is 2.51. The maximum absolute atomic E-state index is 10.6. The molecule has 94 valence electrons. The summed E-state index contributed by atoms with van der Waals surface area (Å²) in [6.07, 6.45) is 3.26. The van der Waals surface area contributed by atoms with E-state index in [4.69, 9.17) is 14.2 Å². The van der Waals surface area contributed by atoms with Gasteiger partial charge in [-0.05, 0) is 34.8 Å². The Hall–Kier alpha value is -1.52. The molecule has 3 rings (SSSR count). The van der Waals surface area contributed by atoms with Gasteiger partial charge in [-0.1, -0.05) is 0 Å². The normalized spacial score (nSPS) is 18.1. The van der Waals surface area contributed by atoms with Crippen molar-refractivity contribution in [1.29, 1.82) is 0 Å². The maximum atomic E-state index is 10.6. The molecule has 1 fully saturated rings. The first-order valence-electron chi connectivity index (χ1n) is 5.47. The fourth-order valence-corrected chi connectivity index (χ4v) is 2.86. The SMILES string of the molecule is COc1c(C2(N=C=O)CC2)cc2c(c1Br)OCO2. The first kappa shape index (κ1) is 11.6. The Kier molecular flexibility index (Phi) is 2.57. The van der Waals surface area contributed by atoms with E-state index in [0.717, 1.165) is 18.4 Å². The fraction of sp³-hybridized carbons (Fsp3) is 0.417. The van der Waals surface area contributed by atoms with Gasteiger partial charge in [0.2, 0.25) is 12.9 Å². The third-order valence-corrected chi connectivity index (χ3v) is 3.97. The quantitative estimate of drug-likeness (QED) is 0.636. The van der Waals surface area contributed by atoms with E-state index >= 15 is 0 Å². The van der Waals surface area contributed by atoms with E-state index in [0.29, 0.717) is 21.7 Å². The van der Waals surface area contributed by atoms with Crippen LogP contribution in [-0.2, 0) is 10.3 Å². The molecule has 1 aromatic rings. The van der Waals surface area contributed by atoms with E-state index in [1.54, 1.807) is 13.2 Å². The molecule has 1 aliphatic carbocycles. The summed E-state index contributed by atoms with van der Waals surface area (Å²) in [5.74, 6) is 1.90. The monoisotopic (exact) mass is 311 g/mol. The van der Waals surface area contributed by atoms with Crippen molar-refractivity contribution in [2.75, 3.05) is 13.9 Å². The number of nitrogens with zero attached hydrogens (tertiary/aromatic N) is 1. The number of halogens is 1. The van der Waals surface area contributed by atoms with E-state index in [9.17, 15) is 4.79 Å². The maximum Gasteiger partial charge on any atom is 0.235 e. The molecule has 0 saturated heterocycles. The second-order valence-corrected chi connectivity index (χ2v) is 5.03. The fourth-order valence-electron chi connectivity index (χ4n) is 2.18. The van der Waals surface area contributed by atoms with Gasteiger partial charge >= 0.3 is 0 Å². The molecule has 0 N–H and O–H groups in total. The van der Waals surface area contributed by atoms with Gasteiger partial charge in [0.15, 0.2) is 11.5 Å². The third-order valence-electron chi connectivity index (χ3n) is 3.25. The molecule has 1 saturated carbocycles. The minimum absolute atomic E-state index is 0.185. The van der Waals surface area contributed by atoms with Crippen molar-refractivity contribution >= 4 is 22.0 Å². The van der Waals surface area contributed by atoms with Gasteiger partial charge in [-0.15, -0.1) is 0 Å². The lowest BCUT2D eigenvalue weighted by Gasteiger charge is -2.16. The number of aliphatic imine (C=N–C) groups is 1. The number of ether oxygens (including phenoxy) is 3. The standard InChI is InChI=1S/C12H10BrNO4/c1-16-10-7(12(2-3-12)14-5-15)4-8-11(9(10)13)18-6-17-8/h4H,2-3,6H2,1H3. The van der Waals surface area contributed by atoms with Gasteiger partial charge in [0, 0.05) is 5.56 Å². The van der Waals surface area contributed by atoms with Crippen LogP contribution in [0.2, 0.25) is 0 Å². The van der Waals surface area contributed by atoms with Gasteiger partial charge in [-0.3, -0.25) is 0 Å². The molecule has 6 heteroatoms. The van der Waals surface area contributed by atoms with Crippen LogP contribution in [0.4, 0.5) is 0 Å². The first-order chi connectivity index (χ1) is 8.72. The zero-order chi connectivity index (χ0) is 12.8. The molecule has 0 unspecified atom stereocenters. The molecule has 0 aromatic heterocycles. The van der Waals surface area contributed by atoms with E-state index in [-0.39, 0.29) is 6.79 Å². The molecule has 0 radical (unpaired) electrons. The minimum atomic E-state index is -0.503. The van der Waals surface area contributed by atoms with Crippen LogP contribution in [0.1, 0.15) is 18.4 Å². The topological polar surface area (TPSA) is 57.1 Å². The lowest BCUT2D eigenvalue weighted by atomic mass is 10.0. The van der Waals surface area contributed by atoms with Crippen molar-refractivity contribution in [1.82, 2.24) is 0 Å². The van der Waals surface area contributed by atoms with Gasteiger partial charge in [-0.25, -0.2) is 4.79 Å². The Morgan fingerprint density at radius 2 is 2.28 bits per heavy atom. The van der Waals surface area contributed by atoms with Gasteiger partial charge in [-0.2, -0.15) is 4.99 Å². The molecule has 0 amide bonds. The van der Waals surface area contributed by atoms with Crippen LogP contribution in [0.5, 0.6) is 17.2 Å². The number of isocyanates is 1. The highest BCUT2D eigenvalue weighted by molar-refractivity contribution is 9.10. The second-order valence-electron chi connectivity index (χ2n) is 4.24. The van der Waals surface area contributed by atoms with E-state index in [1.807, 2.05) is 6.07 Å². The molecular formula is C12H10BrNO4. The number of methoxy groups -OCH3 is 1. The summed E-state index contributed by atoms with van der Waals surface area (Å²) in [7, 11) is 1.58. The lowest BCUT2D eigenvalue weighted by molar-refractivity contribution is 0.173. The summed E-state index contributed by atoms with van der Waals surface area (Å²) in [6.45, 7) is 0.185. The molecule has 0 bridgehead atoms. The van der Waals surface area contributed by atoms with Crippen LogP contribution in [0.3, 0.4) is 0 Å². The molecule has 0 atom stereocenters. The van der Waals surface area contributed by atoms with Gasteiger partial charge in [0.25, 0.3) is 0 Å². The lowest BCUT2D eigenvalue weighted by Crippen LogP contribution is -2.06. The number of carbonyl (C=O) groups excluding carboxylic acids is 1. The van der Waals surface area contributed by atoms with Crippen molar-refractivity contribution in [3.8, 4) is 17.2 Å². The molecule has 1 heterocycles. The number of rotatable bonds is 3. The van der Waals surface area contributed by atoms with Crippen LogP contribution >= 0.6 is 15.9 Å².